The number of nitrogens with zero attached hydrogens (tertiary/aromatic N) is 2. The van der Waals surface area contributed by atoms with E-state index in [1.807, 2.05) is 13.0 Å². The van der Waals surface area contributed by atoms with Crippen molar-refractivity contribution in [3.63, 3.8) is 0 Å². The van der Waals surface area contributed by atoms with E-state index in [1.54, 1.807) is 12.1 Å². The minimum Gasteiger partial charge on any atom is -0.421 e. The van der Waals surface area contributed by atoms with Gasteiger partial charge < -0.3 is 19.7 Å². The van der Waals surface area contributed by atoms with Crippen LogP contribution in [0, 0.1) is 19.7 Å². The Morgan fingerprint density at radius 3 is 2.42 bits per heavy atom. The first-order valence-corrected chi connectivity index (χ1v) is 10.7. The lowest BCUT2D eigenvalue weighted by Gasteiger charge is -2.17. The van der Waals surface area contributed by atoms with E-state index in [1.165, 1.54) is 40.1 Å². The molecule has 1 N–H and O–H groups in total. The Morgan fingerprint density at radius 2 is 1.82 bits per heavy atom. The minimum absolute atomic E-state index is 0.0199. The summed E-state index contributed by atoms with van der Waals surface area (Å²) in [6, 6.07) is 8.10. The highest BCUT2D eigenvalue weighted by Crippen LogP contribution is 2.34. The topological polar surface area (TPSA) is 81.5 Å². The van der Waals surface area contributed by atoms with Crippen LogP contribution in [0.15, 0.2) is 40.6 Å². The van der Waals surface area contributed by atoms with Crippen LogP contribution in [0.3, 0.4) is 0 Å². The Hall–Kier alpha value is -2.83. The van der Waals surface area contributed by atoms with Crippen molar-refractivity contribution in [3.8, 4) is 5.75 Å². The molecule has 2 aromatic carbocycles. The quantitative estimate of drug-likeness (QED) is 0.200. The van der Waals surface area contributed by atoms with Crippen molar-refractivity contribution in [2.24, 2.45) is 10.3 Å². The van der Waals surface area contributed by atoms with Crippen molar-refractivity contribution in [1.82, 2.24) is 5.32 Å². The molecular weight excluding hydrogens is 554 g/mol. The van der Waals surface area contributed by atoms with Crippen molar-refractivity contribution >= 4 is 39.9 Å². The summed E-state index contributed by atoms with van der Waals surface area (Å²) in [7, 11) is 2.79. The number of amides is 1. The Bertz CT molecular complexity index is 1090. The van der Waals surface area contributed by atoms with Gasteiger partial charge in [0.2, 0.25) is 0 Å². The third-order valence-electron chi connectivity index (χ3n) is 4.60. The van der Waals surface area contributed by atoms with Crippen LogP contribution in [0.1, 0.15) is 34.7 Å². The van der Waals surface area contributed by atoms with E-state index in [9.17, 15) is 18.0 Å². The Balaban J connectivity index is 2.38. The van der Waals surface area contributed by atoms with Crippen molar-refractivity contribution in [2.75, 3.05) is 14.2 Å². The predicted octanol–water partition coefficient (Wildman–Crippen LogP) is 4.84. The second kappa shape index (κ2) is 11.3. The van der Waals surface area contributed by atoms with Gasteiger partial charge in [-0.05, 0) is 38.0 Å². The first-order valence-electron chi connectivity index (χ1n) is 9.64. The van der Waals surface area contributed by atoms with Gasteiger partial charge in [0.15, 0.2) is 17.3 Å². The lowest BCUT2D eigenvalue weighted by Crippen LogP contribution is -2.29. The normalized spacial score (nSPS) is 12.4. The van der Waals surface area contributed by atoms with Crippen LogP contribution in [0.4, 0.5) is 13.2 Å². The van der Waals surface area contributed by atoms with E-state index in [4.69, 9.17) is 9.68 Å². The molecule has 0 saturated heterocycles. The van der Waals surface area contributed by atoms with Crippen LogP contribution < -0.4 is 10.1 Å². The fourth-order valence-electron chi connectivity index (χ4n) is 2.94. The van der Waals surface area contributed by atoms with Gasteiger partial charge in [0.05, 0.1) is 28.3 Å². The van der Waals surface area contributed by atoms with E-state index in [2.05, 4.69) is 20.4 Å². The molecule has 0 unspecified atom stereocenters. The number of carbonyl (C=O) groups excluding carboxylic acids is 1. The third kappa shape index (κ3) is 6.83. The van der Waals surface area contributed by atoms with Crippen LogP contribution in [-0.4, -0.2) is 35.6 Å². The molecule has 0 aliphatic carbocycles. The van der Waals surface area contributed by atoms with Gasteiger partial charge in [-0.3, -0.25) is 4.79 Å². The predicted molar refractivity (Wildman–Crippen MR) is 127 cm³/mol. The SMILES string of the molecule is CNC(=O)/C(=N/OC)c1cccc(C)c1CO/N=C(\C)c1ccc(C)c(F)c1OC(F)(F)I. The number of alkyl halides is 3. The van der Waals surface area contributed by atoms with Gasteiger partial charge in [0, 0.05) is 23.7 Å². The van der Waals surface area contributed by atoms with Crippen LogP contribution in [0.25, 0.3) is 0 Å². The van der Waals surface area contributed by atoms with Crippen LogP contribution >= 0.6 is 22.6 Å². The number of likely N-dealkylation sites (N-methyl/N-ethyl adjacent to an activating group) is 1. The number of carbonyl (C=O) groups is 1. The maximum absolute atomic E-state index is 14.5. The summed E-state index contributed by atoms with van der Waals surface area (Å²) < 4.78 is 42.3. The fourth-order valence-corrected chi connectivity index (χ4v) is 3.16. The molecule has 2 rings (SSSR count). The molecule has 11 heteroatoms. The van der Waals surface area contributed by atoms with Gasteiger partial charge >= 0.3 is 4.12 Å². The average Bonchev–Trinajstić information content (AvgIpc) is 2.75. The van der Waals surface area contributed by atoms with Crippen molar-refractivity contribution < 1.29 is 32.4 Å². The molecule has 0 saturated carbocycles. The van der Waals surface area contributed by atoms with E-state index in [0.29, 0.717) is 11.1 Å². The fraction of sp³-hybridized carbons (Fsp3) is 0.318. The molecule has 7 nitrogen and oxygen atoms in total. The number of rotatable bonds is 9. The molecule has 0 aliphatic rings. The van der Waals surface area contributed by atoms with Gasteiger partial charge in [0.25, 0.3) is 5.91 Å². The Morgan fingerprint density at radius 1 is 1.12 bits per heavy atom. The molecule has 0 bridgehead atoms. The van der Waals surface area contributed by atoms with E-state index < -0.39 is 21.6 Å². The summed E-state index contributed by atoms with van der Waals surface area (Å²) in [6.45, 7) is 4.65. The molecule has 0 spiro atoms. The molecule has 2 aromatic rings. The summed E-state index contributed by atoms with van der Waals surface area (Å²) in [6.07, 6.45) is 0. The van der Waals surface area contributed by atoms with E-state index in [0.717, 1.165) is 28.2 Å². The molecule has 33 heavy (non-hydrogen) atoms. The summed E-state index contributed by atoms with van der Waals surface area (Å²) >= 11 is 0.766. The summed E-state index contributed by atoms with van der Waals surface area (Å²) in [5, 5.41) is 10.3. The molecule has 0 radical (unpaired) electrons. The molecule has 1 amide bonds. The second-order valence-electron chi connectivity index (χ2n) is 6.87. The number of benzene rings is 2. The van der Waals surface area contributed by atoms with Crippen molar-refractivity contribution in [3.05, 3.63) is 64.0 Å². The van der Waals surface area contributed by atoms with Gasteiger partial charge in [0.1, 0.15) is 13.7 Å². The lowest BCUT2D eigenvalue weighted by atomic mass is 9.98. The highest BCUT2D eigenvalue weighted by molar-refractivity contribution is 14.1. The molecule has 178 valence electrons. The van der Waals surface area contributed by atoms with Gasteiger partial charge in [-0.1, -0.05) is 34.6 Å². The molecular formula is C22H23F3IN3O4. The Kier molecular flexibility index (Phi) is 9.08. The summed E-state index contributed by atoms with van der Waals surface area (Å²) in [5.41, 5.74) is 2.21. The highest BCUT2D eigenvalue weighted by Gasteiger charge is 2.30. The number of aryl methyl sites for hydroxylation is 2. The third-order valence-corrected chi connectivity index (χ3v) is 4.82. The molecule has 0 atom stereocenters. The maximum atomic E-state index is 14.5. The number of oxime groups is 2. The van der Waals surface area contributed by atoms with Crippen LogP contribution in [-0.2, 0) is 21.1 Å². The molecule has 0 aliphatic heterocycles. The zero-order chi connectivity index (χ0) is 24.8. The molecule has 0 aromatic heterocycles. The maximum Gasteiger partial charge on any atom is 0.451 e. The average molecular weight is 577 g/mol. The van der Waals surface area contributed by atoms with E-state index in [-0.39, 0.29) is 29.2 Å². The van der Waals surface area contributed by atoms with Gasteiger partial charge in [-0.25, -0.2) is 4.39 Å². The zero-order valence-electron chi connectivity index (χ0n) is 18.6. The van der Waals surface area contributed by atoms with Crippen molar-refractivity contribution in [1.29, 1.82) is 0 Å². The molecule has 0 heterocycles. The number of hydrogen-bond acceptors (Lipinski definition) is 6. The smallest absolute Gasteiger partial charge is 0.421 e. The first kappa shape index (κ1) is 26.4. The van der Waals surface area contributed by atoms with Gasteiger partial charge in [-0.2, -0.15) is 8.78 Å². The monoisotopic (exact) mass is 577 g/mol. The van der Waals surface area contributed by atoms with E-state index >= 15 is 0 Å². The van der Waals surface area contributed by atoms with Crippen LogP contribution in [0.2, 0.25) is 0 Å². The van der Waals surface area contributed by atoms with Crippen molar-refractivity contribution in [2.45, 2.75) is 31.5 Å². The molecule has 0 fully saturated rings. The summed E-state index contributed by atoms with van der Waals surface area (Å²) in [4.78, 5) is 22.5. The number of nitrogens with one attached hydrogen (secondary N) is 1. The summed E-state index contributed by atoms with van der Waals surface area (Å²) in [5.74, 6) is -1.99. The first-order chi connectivity index (χ1) is 15.5. The number of ether oxygens (including phenoxy) is 1. The highest BCUT2D eigenvalue weighted by atomic mass is 127. The lowest BCUT2D eigenvalue weighted by molar-refractivity contribution is -0.114. The van der Waals surface area contributed by atoms with Crippen LogP contribution in [0.5, 0.6) is 5.75 Å². The van der Waals surface area contributed by atoms with Gasteiger partial charge in [-0.15, -0.1) is 0 Å². The number of halogens is 4. The standard InChI is InChI=1S/C22H23F3IN3O4/c1-12-7-6-8-16(19(29-31-5)21(30)27-4)17(12)11-32-28-14(3)15-10-9-13(2)18(23)20(15)33-22(24,25)26/h6-10H,11H2,1-5H3,(H,27,30)/b28-14+,29-19+. The second-order valence-corrected chi connectivity index (χ2v) is 8.13. The Labute approximate surface area is 203 Å². The zero-order valence-corrected chi connectivity index (χ0v) is 20.8. The largest absolute Gasteiger partial charge is 0.451 e. The minimum atomic E-state index is -3.62. The number of hydrogen-bond donors (Lipinski definition) is 1.